The van der Waals surface area contributed by atoms with E-state index >= 15 is 0 Å². The minimum atomic E-state index is -1.62. The van der Waals surface area contributed by atoms with Gasteiger partial charge in [0.1, 0.15) is 0 Å². The van der Waals surface area contributed by atoms with Gasteiger partial charge in [0.25, 0.3) is 5.91 Å². The fraction of sp³-hybridized carbons (Fsp3) is 0.0588. The van der Waals surface area contributed by atoms with Crippen LogP contribution >= 0.6 is 0 Å². The molecule has 0 saturated carbocycles. The normalized spacial score (nSPS) is 10.6. The lowest BCUT2D eigenvalue weighted by Crippen LogP contribution is -2.14. The van der Waals surface area contributed by atoms with Crippen molar-refractivity contribution in [3.8, 4) is 0 Å². The second-order valence-corrected chi connectivity index (χ2v) is 5.08. The standard InChI is InChI=1S/C17H12F3N3O/c18-13-6-7-14(16(20)15(13)19)22-17(24)12-4-2-11(3-5-12)10-23-9-1-8-21-23/h1-9H,10H2,(H,22,24). The third-order valence-electron chi connectivity index (χ3n) is 3.40. The van der Waals surface area contributed by atoms with Crippen molar-refractivity contribution in [1.82, 2.24) is 9.78 Å². The molecule has 0 aliphatic carbocycles. The van der Waals surface area contributed by atoms with Crippen LogP contribution in [0.1, 0.15) is 15.9 Å². The lowest BCUT2D eigenvalue weighted by molar-refractivity contribution is 0.102. The molecule has 1 heterocycles. The van der Waals surface area contributed by atoms with Gasteiger partial charge in [0, 0.05) is 18.0 Å². The summed E-state index contributed by atoms with van der Waals surface area (Å²) in [6.07, 6.45) is 3.48. The number of anilines is 1. The molecule has 1 aromatic heterocycles. The largest absolute Gasteiger partial charge is 0.319 e. The van der Waals surface area contributed by atoms with Gasteiger partial charge in [-0.3, -0.25) is 9.48 Å². The number of carbonyl (C=O) groups is 1. The minimum absolute atomic E-state index is 0.267. The highest BCUT2D eigenvalue weighted by Crippen LogP contribution is 2.20. The van der Waals surface area contributed by atoms with E-state index in [0.29, 0.717) is 6.54 Å². The number of amides is 1. The van der Waals surface area contributed by atoms with Crippen molar-refractivity contribution < 1.29 is 18.0 Å². The molecule has 1 N–H and O–H groups in total. The molecule has 7 heteroatoms. The predicted molar refractivity (Wildman–Crippen MR) is 82.0 cm³/mol. The molecule has 3 rings (SSSR count). The molecule has 0 saturated heterocycles. The van der Waals surface area contributed by atoms with Crippen molar-refractivity contribution in [2.45, 2.75) is 6.54 Å². The molecule has 0 bridgehead atoms. The van der Waals surface area contributed by atoms with E-state index in [2.05, 4.69) is 10.4 Å². The molecular weight excluding hydrogens is 319 g/mol. The van der Waals surface area contributed by atoms with Gasteiger partial charge in [-0.1, -0.05) is 12.1 Å². The van der Waals surface area contributed by atoms with Gasteiger partial charge in [0.15, 0.2) is 17.5 Å². The van der Waals surface area contributed by atoms with Gasteiger partial charge in [-0.05, 0) is 35.9 Å². The number of nitrogens with zero attached hydrogens (tertiary/aromatic N) is 2. The second kappa shape index (κ2) is 6.57. The van der Waals surface area contributed by atoms with Crippen LogP contribution in [-0.4, -0.2) is 15.7 Å². The van der Waals surface area contributed by atoms with E-state index < -0.39 is 29.0 Å². The molecule has 0 atom stereocenters. The van der Waals surface area contributed by atoms with E-state index in [1.165, 1.54) is 0 Å². The molecule has 0 aliphatic heterocycles. The van der Waals surface area contributed by atoms with Crippen molar-refractivity contribution in [3.05, 3.63) is 83.4 Å². The summed E-state index contributed by atoms with van der Waals surface area (Å²) in [6.45, 7) is 0.548. The molecule has 0 radical (unpaired) electrons. The number of hydrogen-bond donors (Lipinski definition) is 1. The smallest absolute Gasteiger partial charge is 0.255 e. The highest BCUT2D eigenvalue weighted by atomic mass is 19.2. The van der Waals surface area contributed by atoms with E-state index in [9.17, 15) is 18.0 Å². The molecule has 1 amide bonds. The van der Waals surface area contributed by atoms with Crippen LogP contribution in [0.4, 0.5) is 18.9 Å². The fourth-order valence-corrected chi connectivity index (χ4v) is 2.16. The Kier molecular flexibility index (Phi) is 4.33. The summed E-state index contributed by atoms with van der Waals surface area (Å²) < 4.78 is 41.4. The summed E-state index contributed by atoms with van der Waals surface area (Å²) in [4.78, 5) is 12.1. The third kappa shape index (κ3) is 3.29. The molecule has 24 heavy (non-hydrogen) atoms. The van der Waals surface area contributed by atoms with Gasteiger partial charge in [0.2, 0.25) is 0 Å². The number of nitrogens with one attached hydrogen (secondary N) is 1. The molecular formula is C17H12F3N3O. The molecule has 122 valence electrons. The lowest BCUT2D eigenvalue weighted by atomic mass is 10.1. The Bertz CT molecular complexity index is 862. The van der Waals surface area contributed by atoms with Gasteiger partial charge >= 0.3 is 0 Å². The highest BCUT2D eigenvalue weighted by molar-refractivity contribution is 6.04. The number of benzene rings is 2. The van der Waals surface area contributed by atoms with Crippen LogP contribution in [0.5, 0.6) is 0 Å². The first-order valence-corrected chi connectivity index (χ1v) is 7.06. The van der Waals surface area contributed by atoms with E-state index in [0.717, 1.165) is 17.7 Å². The number of carbonyl (C=O) groups excluding carboxylic acids is 1. The Labute approximate surface area is 135 Å². The van der Waals surface area contributed by atoms with E-state index in [1.807, 2.05) is 6.20 Å². The molecule has 0 aliphatic rings. The van der Waals surface area contributed by atoms with Crippen LogP contribution in [0.2, 0.25) is 0 Å². The molecule has 2 aromatic carbocycles. The molecule has 0 spiro atoms. The third-order valence-corrected chi connectivity index (χ3v) is 3.40. The number of rotatable bonds is 4. The van der Waals surface area contributed by atoms with Crippen molar-refractivity contribution in [2.24, 2.45) is 0 Å². The Hall–Kier alpha value is -3.09. The van der Waals surface area contributed by atoms with Crippen LogP contribution in [0.15, 0.2) is 54.9 Å². The first-order chi connectivity index (χ1) is 11.5. The summed E-state index contributed by atoms with van der Waals surface area (Å²) >= 11 is 0. The van der Waals surface area contributed by atoms with Crippen LogP contribution in [0.3, 0.4) is 0 Å². The van der Waals surface area contributed by atoms with E-state index in [-0.39, 0.29) is 5.56 Å². The van der Waals surface area contributed by atoms with Crippen molar-refractivity contribution >= 4 is 11.6 Å². The number of halogens is 3. The summed E-state index contributed by atoms with van der Waals surface area (Å²) in [7, 11) is 0. The average molecular weight is 331 g/mol. The predicted octanol–water partition coefficient (Wildman–Crippen LogP) is 3.60. The molecule has 0 unspecified atom stereocenters. The topological polar surface area (TPSA) is 46.9 Å². The fourth-order valence-electron chi connectivity index (χ4n) is 2.16. The summed E-state index contributed by atoms with van der Waals surface area (Å²) in [5, 5.41) is 6.30. The summed E-state index contributed by atoms with van der Waals surface area (Å²) in [5.74, 6) is -4.99. The van der Waals surface area contributed by atoms with Crippen LogP contribution < -0.4 is 5.32 Å². The first kappa shape index (κ1) is 15.8. The van der Waals surface area contributed by atoms with Crippen molar-refractivity contribution in [3.63, 3.8) is 0 Å². The van der Waals surface area contributed by atoms with Crippen molar-refractivity contribution in [2.75, 3.05) is 5.32 Å². The summed E-state index contributed by atoms with van der Waals surface area (Å²) in [5.41, 5.74) is 0.775. The Morgan fingerprint density at radius 1 is 1.04 bits per heavy atom. The monoisotopic (exact) mass is 331 g/mol. The highest BCUT2D eigenvalue weighted by Gasteiger charge is 2.16. The second-order valence-electron chi connectivity index (χ2n) is 5.08. The molecule has 4 nitrogen and oxygen atoms in total. The van der Waals surface area contributed by atoms with Crippen LogP contribution in [-0.2, 0) is 6.54 Å². The van der Waals surface area contributed by atoms with Gasteiger partial charge in [-0.2, -0.15) is 5.10 Å². The Morgan fingerprint density at radius 3 is 2.46 bits per heavy atom. The van der Waals surface area contributed by atoms with Gasteiger partial charge in [0.05, 0.1) is 12.2 Å². The molecule has 0 fully saturated rings. The Morgan fingerprint density at radius 2 is 1.79 bits per heavy atom. The van der Waals surface area contributed by atoms with Crippen LogP contribution in [0.25, 0.3) is 0 Å². The van der Waals surface area contributed by atoms with Gasteiger partial charge in [-0.25, -0.2) is 13.2 Å². The zero-order valence-corrected chi connectivity index (χ0v) is 12.3. The first-order valence-electron chi connectivity index (χ1n) is 7.06. The molecule has 3 aromatic rings. The van der Waals surface area contributed by atoms with E-state index in [4.69, 9.17) is 0 Å². The average Bonchev–Trinajstić information content (AvgIpc) is 3.09. The zero-order chi connectivity index (χ0) is 17.1. The van der Waals surface area contributed by atoms with Gasteiger partial charge < -0.3 is 5.32 Å². The lowest BCUT2D eigenvalue weighted by Gasteiger charge is -2.08. The van der Waals surface area contributed by atoms with Crippen LogP contribution in [0, 0.1) is 17.5 Å². The number of aromatic nitrogens is 2. The maximum absolute atomic E-state index is 13.6. The quantitative estimate of drug-likeness (QED) is 0.743. The van der Waals surface area contributed by atoms with E-state index in [1.54, 1.807) is 41.2 Å². The van der Waals surface area contributed by atoms with Gasteiger partial charge in [-0.15, -0.1) is 0 Å². The maximum atomic E-state index is 13.6. The zero-order valence-electron chi connectivity index (χ0n) is 12.3. The minimum Gasteiger partial charge on any atom is -0.319 e. The summed E-state index contributed by atoms with van der Waals surface area (Å²) in [6, 6.07) is 10.1. The SMILES string of the molecule is O=C(Nc1ccc(F)c(F)c1F)c1ccc(Cn2cccn2)cc1. The number of hydrogen-bond acceptors (Lipinski definition) is 2. The van der Waals surface area contributed by atoms with Crippen molar-refractivity contribution in [1.29, 1.82) is 0 Å². The maximum Gasteiger partial charge on any atom is 0.255 e. The Balaban J connectivity index is 1.72.